The van der Waals surface area contributed by atoms with E-state index in [1.165, 1.54) is 0 Å². The third kappa shape index (κ3) is 2.36. The molecule has 0 fully saturated rings. The summed E-state index contributed by atoms with van der Waals surface area (Å²) in [6, 6.07) is 9.33. The van der Waals surface area contributed by atoms with Gasteiger partial charge in [-0.15, -0.1) is 0 Å². The molecule has 1 heterocycles. The fourth-order valence-corrected chi connectivity index (χ4v) is 1.46. The van der Waals surface area contributed by atoms with E-state index in [0.717, 1.165) is 5.56 Å². The van der Waals surface area contributed by atoms with E-state index in [0.29, 0.717) is 23.0 Å². The molecular weight excluding hydrogens is 228 g/mol. The normalized spacial score (nSPS) is 9.61. The van der Waals surface area contributed by atoms with Gasteiger partial charge in [-0.05, 0) is 19.1 Å². The van der Waals surface area contributed by atoms with Gasteiger partial charge in [-0.3, -0.25) is 5.43 Å². The molecule has 0 aliphatic carbocycles. The van der Waals surface area contributed by atoms with E-state index in [2.05, 4.69) is 26.8 Å². The van der Waals surface area contributed by atoms with Gasteiger partial charge in [0.1, 0.15) is 11.9 Å². The van der Waals surface area contributed by atoms with E-state index in [-0.39, 0.29) is 0 Å². The Balaban J connectivity index is 2.37. The summed E-state index contributed by atoms with van der Waals surface area (Å²) in [5, 5.41) is 12.1. The molecule has 0 atom stereocenters. The zero-order valence-electron chi connectivity index (χ0n) is 9.81. The van der Waals surface area contributed by atoms with Crippen molar-refractivity contribution in [3.05, 3.63) is 41.6 Å². The predicted molar refractivity (Wildman–Crippen MR) is 69.0 cm³/mol. The third-order valence-corrected chi connectivity index (χ3v) is 2.40. The molecule has 0 amide bonds. The lowest BCUT2D eigenvalue weighted by atomic mass is 10.2. The van der Waals surface area contributed by atoms with Crippen molar-refractivity contribution >= 4 is 17.5 Å². The van der Waals surface area contributed by atoms with Gasteiger partial charge in [0.05, 0.1) is 11.3 Å². The van der Waals surface area contributed by atoms with Crippen molar-refractivity contribution in [1.82, 2.24) is 9.97 Å². The van der Waals surface area contributed by atoms with Crippen molar-refractivity contribution < 1.29 is 0 Å². The number of aromatic nitrogens is 2. The average molecular weight is 240 g/mol. The highest BCUT2D eigenvalue weighted by atomic mass is 15.3. The molecule has 6 heteroatoms. The first kappa shape index (κ1) is 11.8. The second kappa shape index (κ2) is 5.12. The van der Waals surface area contributed by atoms with Crippen molar-refractivity contribution in [2.45, 2.75) is 6.92 Å². The number of nitrogens with zero attached hydrogens (tertiary/aromatic N) is 3. The summed E-state index contributed by atoms with van der Waals surface area (Å²) in [6.07, 6.45) is 1.65. The van der Waals surface area contributed by atoms with Crippen LogP contribution in [0.15, 0.2) is 30.5 Å². The van der Waals surface area contributed by atoms with Gasteiger partial charge >= 0.3 is 0 Å². The van der Waals surface area contributed by atoms with Crippen LogP contribution in [0.25, 0.3) is 0 Å². The van der Waals surface area contributed by atoms with Crippen LogP contribution < -0.4 is 16.6 Å². The van der Waals surface area contributed by atoms with Crippen molar-refractivity contribution in [3.8, 4) is 6.07 Å². The van der Waals surface area contributed by atoms with Crippen molar-refractivity contribution in [2.24, 2.45) is 5.84 Å². The number of nitriles is 1. The number of hydrogen-bond acceptors (Lipinski definition) is 6. The molecule has 0 saturated heterocycles. The highest BCUT2D eigenvalue weighted by molar-refractivity contribution is 5.66. The van der Waals surface area contributed by atoms with Gasteiger partial charge in [0.2, 0.25) is 5.95 Å². The standard InChI is InChI=1S/C12H12N6/c1-8-7-15-12(18-14)17-11(8)16-10-5-3-2-4-9(10)6-13/h2-5,7H,14H2,1H3,(H2,15,16,17,18). The topological polar surface area (TPSA) is 99.7 Å². The van der Waals surface area contributed by atoms with Gasteiger partial charge in [-0.1, -0.05) is 12.1 Å². The van der Waals surface area contributed by atoms with Crippen LogP contribution in [0.1, 0.15) is 11.1 Å². The highest BCUT2D eigenvalue weighted by Crippen LogP contribution is 2.21. The minimum atomic E-state index is 0.317. The second-order valence-electron chi connectivity index (χ2n) is 3.65. The minimum Gasteiger partial charge on any atom is -0.339 e. The van der Waals surface area contributed by atoms with Crippen LogP contribution in [0.2, 0.25) is 0 Å². The van der Waals surface area contributed by atoms with Crippen LogP contribution in [0.4, 0.5) is 17.5 Å². The maximum Gasteiger partial charge on any atom is 0.239 e. The van der Waals surface area contributed by atoms with Gasteiger partial charge in [0.15, 0.2) is 0 Å². The molecule has 0 saturated carbocycles. The SMILES string of the molecule is Cc1cnc(NN)nc1Nc1ccccc1C#N. The lowest BCUT2D eigenvalue weighted by molar-refractivity contribution is 1.09. The number of anilines is 3. The molecular formula is C12H12N6. The maximum absolute atomic E-state index is 9.01. The van der Waals surface area contributed by atoms with E-state index < -0.39 is 0 Å². The second-order valence-corrected chi connectivity index (χ2v) is 3.65. The smallest absolute Gasteiger partial charge is 0.239 e. The Morgan fingerprint density at radius 3 is 2.83 bits per heavy atom. The lowest BCUT2D eigenvalue weighted by Gasteiger charge is -2.10. The Hall–Kier alpha value is -2.65. The molecule has 0 spiro atoms. The fourth-order valence-electron chi connectivity index (χ4n) is 1.46. The zero-order chi connectivity index (χ0) is 13.0. The van der Waals surface area contributed by atoms with E-state index >= 15 is 0 Å². The number of nitrogens with two attached hydrogens (primary N) is 1. The van der Waals surface area contributed by atoms with E-state index in [1.54, 1.807) is 12.3 Å². The fraction of sp³-hybridized carbons (Fsp3) is 0.0833. The highest BCUT2D eigenvalue weighted by Gasteiger charge is 2.06. The number of benzene rings is 1. The first-order valence-electron chi connectivity index (χ1n) is 5.31. The molecule has 0 bridgehead atoms. The number of hydrogen-bond donors (Lipinski definition) is 3. The van der Waals surface area contributed by atoms with Crippen LogP contribution in [-0.2, 0) is 0 Å². The summed E-state index contributed by atoms with van der Waals surface area (Å²) in [4.78, 5) is 8.18. The summed E-state index contributed by atoms with van der Waals surface area (Å²) >= 11 is 0. The Morgan fingerprint density at radius 1 is 1.33 bits per heavy atom. The molecule has 2 rings (SSSR count). The Kier molecular flexibility index (Phi) is 3.36. The minimum absolute atomic E-state index is 0.317. The van der Waals surface area contributed by atoms with Crippen LogP contribution in [0.5, 0.6) is 0 Å². The molecule has 4 N–H and O–H groups in total. The number of aryl methyl sites for hydroxylation is 1. The van der Waals surface area contributed by atoms with Crippen LogP contribution in [0, 0.1) is 18.3 Å². The molecule has 0 unspecified atom stereocenters. The van der Waals surface area contributed by atoms with Crippen molar-refractivity contribution in [3.63, 3.8) is 0 Å². The van der Waals surface area contributed by atoms with Crippen molar-refractivity contribution in [1.29, 1.82) is 5.26 Å². The van der Waals surface area contributed by atoms with E-state index in [4.69, 9.17) is 11.1 Å². The van der Waals surface area contributed by atoms with Crippen molar-refractivity contribution in [2.75, 3.05) is 10.7 Å². The first-order chi connectivity index (χ1) is 8.74. The Morgan fingerprint density at radius 2 is 2.11 bits per heavy atom. The maximum atomic E-state index is 9.01. The molecule has 1 aromatic heterocycles. The molecule has 0 radical (unpaired) electrons. The predicted octanol–water partition coefficient (Wildman–Crippen LogP) is 1.69. The number of nitrogen functional groups attached to an aromatic ring is 1. The van der Waals surface area contributed by atoms with Gasteiger partial charge in [0, 0.05) is 11.8 Å². The Labute approximate surface area is 104 Å². The lowest BCUT2D eigenvalue weighted by Crippen LogP contribution is -2.11. The molecule has 6 nitrogen and oxygen atoms in total. The van der Waals surface area contributed by atoms with Gasteiger partial charge in [-0.2, -0.15) is 10.2 Å². The summed E-state index contributed by atoms with van der Waals surface area (Å²) in [5.74, 6) is 6.19. The summed E-state index contributed by atoms with van der Waals surface area (Å²) < 4.78 is 0. The average Bonchev–Trinajstić information content (AvgIpc) is 2.42. The van der Waals surface area contributed by atoms with Crippen LogP contribution >= 0.6 is 0 Å². The summed E-state index contributed by atoms with van der Waals surface area (Å²) in [6.45, 7) is 1.87. The number of nitrogens with one attached hydrogen (secondary N) is 2. The molecule has 2 aromatic rings. The molecule has 0 aliphatic rings. The molecule has 0 aliphatic heterocycles. The zero-order valence-corrected chi connectivity index (χ0v) is 9.81. The van der Waals surface area contributed by atoms with Gasteiger partial charge in [0.25, 0.3) is 0 Å². The Bertz CT molecular complexity index is 602. The molecule has 1 aromatic carbocycles. The largest absolute Gasteiger partial charge is 0.339 e. The monoisotopic (exact) mass is 240 g/mol. The van der Waals surface area contributed by atoms with Crippen LogP contribution in [0.3, 0.4) is 0 Å². The van der Waals surface area contributed by atoms with E-state index in [9.17, 15) is 0 Å². The third-order valence-electron chi connectivity index (χ3n) is 2.40. The quantitative estimate of drug-likeness (QED) is 0.557. The summed E-state index contributed by atoms with van der Waals surface area (Å²) in [5.41, 5.74) is 4.50. The molecule has 90 valence electrons. The number of hydrazine groups is 1. The van der Waals surface area contributed by atoms with Crippen LogP contribution in [-0.4, -0.2) is 9.97 Å². The first-order valence-corrected chi connectivity index (χ1v) is 5.31. The summed E-state index contributed by atoms with van der Waals surface area (Å²) in [7, 11) is 0. The number of rotatable bonds is 3. The van der Waals surface area contributed by atoms with Gasteiger partial charge in [-0.25, -0.2) is 10.8 Å². The van der Waals surface area contributed by atoms with Gasteiger partial charge < -0.3 is 5.32 Å². The molecule has 18 heavy (non-hydrogen) atoms. The number of para-hydroxylation sites is 1. The van der Waals surface area contributed by atoms with E-state index in [1.807, 2.05) is 25.1 Å².